The minimum absolute atomic E-state index is 0.143. The Morgan fingerprint density at radius 3 is 2.94 bits per heavy atom. The Kier molecular flexibility index (Phi) is 4.36. The van der Waals surface area contributed by atoms with Gasteiger partial charge in [0.2, 0.25) is 5.88 Å². The van der Waals surface area contributed by atoms with Crippen LogP contribution < -0.4 is 10.1 Å². The zero-order valence-corrected chi connectivity index (χ0v) is 10.7. The molecule has 0 bridgehead atoms. The summed E-state index contributed by atoms with van der Waals surface area (Å²) in [4.78, 5) is 4.24. The maximum absolute atomic E-state index is 5.40. The lowest BCUT2D eigenvalue weighted by Gasteiger charge is -2.18. The first-order valence-corrected chi connectivity index (χ1v) is 6.09. The van der Waals surface area contributed by atoms with E-state index in [1.165, 1.54) is 0 Å². The van der Waals surface area contributed by atoms with Crippen molar-refractivity contribution in [2.24, 2.45) is 0 Å². The fourth-order valence-electron chi connectivity index (χ4n) is 2.01. The van der Waals surface area contributed by atoms with Gasteiger partial charge in [-0.15, -0.1) is 0 Å². The highest BCUT2D eigenvalue weighted by Gasteiger charge is 2.17. The molecule has 4 nitrogen and oxygen atoms in total. The quantitative estimate of drug-likeness (QED) is 0.851. The Labute approximate surface area is 107 Å². The summed E-state index contributed by atoms with van der Waals surface area (Å²) in [5, 5.41) is 3.43. The number of hydrogen-bond donors (Lipinski definition) is 1. The molecule has 1 atom stereocenters. The summed E-state index contributed by atoms with van der Waals surface area (Å²) in [5.74, 6) is 1.61. The third-order valence-electron chi connectivity index (χ3n) is 2.81. The molecule has 0 fully saturated rings. The maximum Gasteiger partial charge on any atom is 0.217 e. The second-order valence-corrected chi connectivity index (χ2v) is 4.00. The largest absolute Gasteiger partial charge is 0.481 e. The van der Waals surface area contributed by atoms with Gasteiger partial charge in [-0.05, 0) is 24.7 Å². The van der Waals surface area contributed by atoms with Crippen LogP contribution in [0, 0.1) is 0 Å². The van der Waals surface area contributed by atoms with Gasteiger partial charge < -0.3 is 14.5 Å². The lowest BCUT2D eigenvalue weighted by molar-refractivity contribution is 0.378. The van der Waals surface area contributed by atoms with Crippen LogP contribution in [0.25, 0.3) is 0 Å². The number of likely N-dealkylation sites (N-methyl/N-ethyl adjacent to an activating group) is 1. The summed E-state index contributed by atoms with van der Waals surface area (Å²) >= 11 is 0. The molecule has 1 unspecified atom stereocenters. The molecule has 1 N–H and O–H groups in total. The molecule has 0 saturated heterocycles. The van der Waals surface area contributed by atoms with Gasteiger partial charge in [0.1, 0.15) is 5.76 Å². The van der Waals surface area contributed by atoms with Crippen LogP contribution in [0.1, 0.15) is 24.3 Å². The van der Waals surface area contributed by atoms with Gasteiger partial charge in [0.05, 0.1) is 13.4 Å². The monoisotopic (exact) mass is 246 g/mol. The third kappa shape index (κ3) is 2.90. The smallest absolute Gasteiger partial charge is 0.217 e. The molecule has 2 heterocycles. The Morgan fingerprint density at radius 1 is 1.39 bits per heavy atom. The van der Waals surface area contributed by atoms with Crippen LogP contribution in [0.3, 0.4) is 0 Å². The predicted octanol–water partition coefficient (Wildman–Crippen LogP) is 2.58. The summed E-state index contributed by atoms with van der Waals surface area (Å²) < 4.78 is 10.7. The van der Waals surface area contributed by atoms with Crippen molar-refractivity contribution in [2.45, 2.75) is 19.4 Å². The standard InChI is InChI=1S/C14H18N2O2/c1-3-15-13(10-11-6-5-9-18-11)12-7-4-8-16-14(12)17-2/h4-9,13,15H,3,10H2,1-2H3. The van der Waals surface area contributed by atoms with Crippen molar-refractivity contribution in [3.05, 3.63) is 48.0 Å². The number of aromatic nitrogens is 1. The highest BCUT2D eigenvalue weighted by molar-refractivity contribution is 5.29. The topological polar surface area (TPSA) is 47.3 Å². The van der Waals surface area contributed by atoms with Crippen molar-refractivity contribution in [1.82, 2.24) is 10.3 Å². The number of furan rings is 1. The minimum atomic E-state index is 0.143. The van der Waals surface area contributed by atoms with Crippen molar-refractivity contribution in [2.75, 3.05) is 13.7 Å². The number of rotatable bonds is 6. The Hall–Kier alpha value is -1.81. The minimum Gasteiger partial charge on any atom is -0.481 e. The summed E-state index contributed by atoms with van der Waals surface area (Å²) in [6.45, 7) is 2.96. The molecule has 0 saturated carbocycles. The first-order chi connectivity index (χ1) is 8.85. The first kappa shape index (κ1) is 12.6. The van der Waals surface area contributed by atoms with Gasteiger partial charge in [-0.3, -0.25) is 0 Å². The predicted molar refractivity (Wildman–Crippen MR) is 69.6 cm³/mol. The van der Waals surface area contributed by atoms with Crippen molar-refractivity contribution in [3.8, 4) is 5.88 Å². The van der Waals surface area contributed by atoms with Crippen LogP contribution in [-0.2, 0) is 6.42 Å². The second kappa shape index (κ2) is 6.21. The molecule has 0 amide bonds. The lowest BCUT2D eigenvalue weighted by Crippen LogP contribution is -2.23. The number of ether oxygens (including phenoxy) is 1. The van der Waals surface area contributed by atoms with Gasteiger partial charge in [-0.2, -0.15) is 0 Å². The number of nitrogens with one attached hydrogen (secondary N) is 1. The average molecular weight is 246 g/mol. The van der Waals surface area contributed by atoms with Crippen molar-refractivity contribution in [3.63, 3.8) is 0 Å². The molecule has 2 aromatic rings. The van der Waals surface area contributed by atoms with Crippen molar-refractivity contribution >= 4 is 0 Å². The Morgan fingerprint density at radius 2 is 2.28 bits per heavy atom. The maximum atomic E-state index is 5.40. The molecular formula is C14H18N2O2. The molecule has 0 aromatic carbocycles. The van der Waals surface area contributed by atoms with E-state index in [2.05, 4.69) is 17.2 Å². The summed E-state index contributed by atoms with van der Waals surface area (Å²) in [7, 11) is 1.64. The van der Waals surface area contributed by atoms with E-state index in [9.17, 15) is 0 Å². The first-order valence-electron chi connectivity index (χ1n) is 6.09. The molecule has 0 aliphatic rings. The van der Waals surface area contributed by atoms with E-state index < -0.39 is 0 Å². The summed E-state index contributed by atoms with van der Waals surface area (Å²) in [6, 6.07) is 7.98. The lowest BCUT2D eigenvalue weighted by atomic mass is 10.0. The fourth-order valence-corrected chi connectivity index (χ4v) is 2.01. The van der Waals surface area contributed by atoms with E-state index in [-0.39, 0.29) is 6.04 Å². The van der Waals surface area contributed by atoms with Gasteiger partial charge in [0.25, 0.3) is 0 Å². The van der Waals surface area contributed by atoms with Crippen LogP contribution in [0.2, 0.25) is 0 Å². The molecule has 96 valence electrons. The molecule has 4 heteroatoms. The van der Waals surface area contributed by atoms with E-state index in [0.29, 0.717) is 5.88 Å². The van der Waals surface area contributed by atoms with Gasteiger partial charge >= 0.3 is 0 Å². The molecule has 2 rings (SSSR count). The Bertz CT molecular complexity index is 468. The molecule has 2 aromatic heterocycles. The number of nitrogens with zero attached hydrogens (tertiary/aromatic N) is 1. The molecule has 18 heavy (non-hydrogen) atoms. The van der Waals surface area contributed by atoms with E-state index >= 15 is 0 Å². The van der Waals surface area contributed by atoms with Crippen LogP contribution in [0.5, 0.6) is 5.88 Å². The van der Waals surface area contributed by atoms with Crippen LogP contribution >= 0.6 is 0 Å². The average Bonchev–Trinajstić information content (AvgIpc) is 2.91. The van der Waals surface area contributed by atoms with Gasteiger partial charge in [0.15, 0.2) is 0 Å². The van der Waals surface area contributed by atoms with Crippen LogP contribution in [0.4, 0.5) is 0 Å². The normalized spacial score (nSPS) is 12.3. The summed E-state index contributed by atoms with van der Waals surface area (Å²) in [6.07, 6.45) is 4.21. The molecule has 0 spiro atoms. The Balaban J connectivity index is 2.23. The van der Waals surface area contributed by atoms with Crippen molar-refractivity contribution in [1.29, 1.82) is 0 Å². The highest BCUT2D eigenvalue weighted by atomic mass is 16.5. The van der Waals surface area contributed by atoms with Crippen LogP contribution in [-0.4, -0.2) is 18.6 Å². The summed E-state index contributed by atoms with van der Waals surface area (Å²) in [5.41, 5.74) is 1.05. The third-order valence-corrected chi connectivity index (χ3v) is 2.81. The second-order valence-electron chi connectivity index (χ2n) is 4.00. The van der Waals surface area contributed by atoms with E-state index in [1.54, 1.807) is 19.6 Å². The number of pyridine rings is 1. The van der Waals surface area contributed by atoms with E-state index in [4.69, 9.17) is 9.15 Å². The molecule has 0 aliphatic heterocycles. The molecule has 0 aliphatic carbocycles. The molecule has 0 radical (unpaired) electrons. The highest BCUT2D eigenvalue weighted by Crippen LogP contribution is 2.25. The fraction of sp³-hybridized carbons (Fsp3) is 0.357. The van der Waals surface area contributed by atoms with E-state index in [0.717, 1.165) is 24.3 Å². The SMILES string of the molecule is CCNC(Cc1ccco1)c1cccnc1OC. The zero-order chi connectivity index (χ0) is 12.8. The van der Waals surface area contributed by atoms with Crippen molar-refractivity contribution < 1.29 is 9.15 Å². The van der Waals surface area contributed by atoms with Gasteiger partial charge in [-0.1, -0.05) is 13.0 Å². The van der Waals surface area contributed by atoms with Crippen LogP contribution in [0.15, 0.2) is 41.1 Å². The zero-order valence-electron chi connectivity index (χ0n) is 10.7. The van der Waals surface area contributed by atoms with E-state index in [1.807, 2.05) is 24.3 Å². The number of hydrogen-bond acceptors (Lipinski definition) is 4. The molecular weight excluding hydrogens is 228 g/mol. The van der Waals surface area contributed by atoms with Gasteiger partial charge in [-0.25, -0.2) is 4.98 Å². The van der Waals surface area contributed by atoms with Gasteiger partial charge in [0, 0.05) is 24.2 Å². The number of methoxy groups -OCH3 is 1.